The van der Waals surface area contributed by atoms with Crippen molar-refractivity contribution in [3.63, 3.8) is 0 Å². The standard InChI is InChI=1S/C61H78N12O9S/c1-35-36(2)70-71-53(35)69-54-43-28-49(83(78,79)61(9,10)11)47(29-45(43)63-33-66-54)80-40-22-24-72(25-23-40)50-30-51(65-34-64-50)81-41-21-20-38-27-46(55(74)67-44-19-15-17-37-16-13-14-18-42(37)44)73(32-39(38)26-41)57(76)52(60(6,7)8)68-56(75)48(31-59(3,4)5)82-58(77)62-12/h13-14,16,18,20-21,26,28-30,33-34,40,44,46,48,52H,15,17,19,22-25,27,31-32H2,1-12H3,(H,62,77)(H,67,74)(H,68,75)(H2,63,66,69,70,71)/t44-,46+,48+,52-/m1/s1. The lowest BCUT2D eigenvalue weighted by Gasteiger charge is -2.42. The monoisotopic (exact) mass is 1150 g/mol. The van der Waals surface area contributed by atoms with Crippen molar-refractivity contribution in [2.24, 2.45) is 10.8 Å². The number of aromatic nitrogens is 6. The number of ether oxygens (including phenoxy) is 3. The lowest BCUT2D eigenvalue weighted by atomic mass is 9.83. The van der Waals surface area contributed by atoms with Crippen LogP contribution in [0.25, 0.3) is 10.9 Å². The van der Waals surface area contributed by atoms with Gasteiger partial charge in [-0.15, -0.1) is 0 Å². The lowest BCUT2D eigenvalue weighted by molar-refractivity contribution is -0.148. The number of amides is 4. The number of benzene rings is 3. The molecule has 9 rings (SSSR count). The molecule has 3 aliphatic rings. The Kier molecular flexibility index (Phi) is 17.1. The summed E-state index contributed by atoms with van der Waals surface area (Å²) in [5, 5.41) is 19.7. The first kappa shape index (κ1) is 59.7. The summed E-state index contributed by atoms with van der Waals surface area (Å²) in [4.78, 5) is 78.4. The second-order valence-corrected chi connectivity index (χ2v) is 27.9. The van der Waals surface area contributed by atoms with Gasteiger partial charge in [0.25, 0.3) is 5.91 Å². The molecule has 442 valence electrons. The van der Waals surface area contributed by atoms with E-state index in [0.717, 1.165) is 47.2 Å². The number of fused-ring (bicyclic) bond motifs is 3. The van der Waals surface area contributed by atoms with Gasteiger partial charge in [0.2, 0.25) is 17.7 Å². The minimum absolute atomic E-state index is 0.0273. The molecule has 0 unspecified atom stereocenters. The number of H-pyrrole nitrogens is 1. The van der Waals surface area contributed by atoms with Crippen LogP contribution >= 0.6 is 0 Å². The van der Waals surface area contributed by atoms with E-state index >= 15 is 4.79 Å². The molecule has 4 atom stereocenters. The van der Waals surface area contributed by atoms with Crippen LogP contribution < -0.4 is 35.6 Å². The van der Waals surface area contributed by atoms with Crippen LogP contribution in [0, 0.1) is 24.7 Å². The van der Waals surface area contributed by atoms with Crippen LogP contribution in [0.4, 0.5) is 22.2 Å². The molecule has 21 nitrogen and oxygen atoms in total. The first-order chi connectivity index (χ1) is 39.2. The molecule has 3 aromatic heterocycles. The van der Waals surface area contributed by atoms with Gasteiger partial charge in [-0.1, -0.05) is 71.9 Å². The number of anilines is 3. The maximum atomic E-state index is 15.3. The number of carbonyl (C=O) groups is 4. The number of aryl methyl sites for hydroxylation is 2. The van der Waals surface area contributed by atoms with Crippen molar-refractivity contribution in [2.75, 3.05) is 30.4 Å². The molecule has 5 N–H and O–H groups in total. The molecule has 5 heterocycles. The van der Waals surface area contributed by atoms with E-state index in [1.54, 1.807) is 43.9 Å². The average molecular weight is 1160 g/mol. The molecule has 0 bridgehead atoms. The Hall–Kier alpha value is -7.88. The smallest absolute Gasteiger partial charge is 0.407 e. The molecular formula is C61H78N12O9S. The van der Waals surface area contributed by atoms with Gasteiger partial charge in [-0.05, 0) is 112 Å². The molecule has 1 fully saturated rings. The molecule has 83 heavy (non-hydrogen) atoms. The fourth-order valence-electron chi connectivity index (χ4n) is 10.8. The maximum Gasteiger partial charge on any atom is 0.407 e. The lowest BCUT2D eigenvalue weighted by Crippen LogP contribution is -2.62. The topological polar surface area (TPSA) is 265 Å². The SMILES string of the molecule is CNC(=O)O[C@@H](CC(C)(C)C)C(=O)N[C@H](C(=O)N1Cc2cc(Oc3cc(N4CCC(Oc5cc6ncnc(Nc7n[nH]c(C)c7C)c6cc5S(=O)(=O)C(C)(C)C)CC4)ncn3)ccc2C[C@H]1C(=O)N[C@@H]1CCCc2ccccc21)C(C)(C)C. The van der Waals surface area contributed by atoms with Gasteiger partial charge in [-0.3, -0.25) is 19.5 Å². The van der Waals surface area contributed by atoms with Crippen molar-refractivity contribution < 1.29 is 41.8 Å². The van der Waals surface area contributed by atoms with Gasteiger partial charge >= 0.3 is 6.09 Å². The molecule has 0 spiro atoms. The summed E-state index contributed by atoms with van der Waals surface area (Å²) < 4.78 is 46.0. The molecule has 6 aromatic rings. The number of carbonyl (C=O) groups excluding carboxylic acids is 4. The predicted octanol–water partition coefficient (Wildman–Crippen LogP) is 9.05. The highest BCUT2D eigenvalue weighted by atomic mass is 32.2. The number of hydrogen-bond acceptors (Lipinski definition) is 16. The Labute approximate surface area is 485 Å². The molecular weight excluding hydrogens is 1080 g/mol. The van der Waals surface area contributed by atoms with Crippen molar-refractivity contribution in [1.29, 1.82) is 0 Å². The summed E-state index contributed by atoms with van der Waals surface area (Å²) in [6.07, 6.45) is 4.62. The van der Waals surface area contributed by atoms with E-state index in [1.807, 2.05) is 91.8 Å². The number of aromatic amines is 1. The van der Waals surface area contributed by atoms with Gasteiger partial charge < -0.3 is 45.3 Å². The van der Waals surface area contributed by atoms with Gasteiger partial charge in [-0.25, -0.2) is 33.1 Å². The largest absolute Gasteiger partial charge is 0.489 e. The molecule has 4 amide bonds. The first-order valence-electron chi connectivity index (χ1n) is 28.4. The van der Waals surface area contributed by atoms with Crippen LogP contribution in [-0.4, -0.2) is 116 Å². The highest BCUT2D eigenvalue weighted by Crippen LogP contribution is 2.40. The van der Waals surface area contributed by atoms with Crippen molar-refractivity contribution in [2.45, 2.75) is 168 Å². The summed E-state index contributed by atoms with van der Waals surface area (Å²) in [6, 6.07) is 16.4. The number of alkyl carbamates (subject to hydrolysis) is 1. The third-order valence-electron chi connectivity index (χ3n) is 15.7. The molecule has 2 aliphatic heterocycles. The summed E-state index contributed by atoms with van der Waals surface area (Å²) in [5.41, 5.74) is 4.90. The van der Waals surface area contributed by atoms with E-state index in [1.165, 1.54) is 25.3 Å². The fourth-order valence-corrected chi connectivity index (χ4v) is 12.1. The van der Waals surface area contributed by atoms with Gasteiger partial charge in [0.05, 0.1) is 16.3 Å². The van der Waals surface area contributed by atoms with Gasteiger partial charge in [0.1, 0.15) is 58.9 Å². The van der Waals surface area contributed by atoms with E-state index in [4.69, 9.17) is 14.2 Å². The average Bonchev–Trinajstić information content (AvgIpc) is 3.53. The zero-order valence-corrected chi connectivity index (χ0v) is 50.4. The van der Waals surface area contributed by atoms with Crippen LogP contribution in [0.1, 0.15) is 134 Å². The number of nitrogens with zero attached hydrogens (tertiary/aromatic N) is 7. The molecule has 0 saturated carbocycles. The molecule has 1 aliphatic carbocycles. The van der Waals surface area contributed by atoms with Crippen molar-refractivity contribution >= 4 is 62.0 Å². The van der Waals surface area contributed by atoms with E-state index in [9.17, 15) is 22.8 Å². The molecule has 1 saturated heterocycles. The Balaban J connectivity index is 0.928. The van der Waals surface area contributed by atoms with E-state index < -0.39 is 61.5 Å². The predicted molar refractivity (Wildman–Crippen MR) is 315 cm³/mol. The second-order valence-electron chi connectivity index (χ2n) is 25.2. The Morgan fingerprint density at radius 1 is 0.831 bits per heavy atom. The highest BCUT2D eigenvalue weighted by molar-refractivity contribution is 7.92. The second kappa shape index (κ2) is 23.8. The van der Waals surface area contributed by atoms with Gasteiger partial charge in [0.15, 0.2) is 21.8 Å². The normalized spacial score (nSPS) is 17.6. The van der Waals surface area contributed by atoms with Crippen LogP contribution in [0.5, 0.6) is 17.4 Å². The Morgan fingerprint density at radius 2 is 1.57 bits per heavy atom. The third-order valence-corrected chi connectivity index (χ3v) is 18.2. The minimum atomic E-state index is -3.92. The van der Waals surface area contributed by atoms with Crippen LogP contribution in [0.3, 0.4) is 0 Å². The maximum absolute atomic E-state index is 15.3. The first-order valence-corrected chi connectivity index (χ1v) is 29.9. The number of piperidine rings is 1. The number of rotatable bonds is 15. The number of hydrogen-bond donors (Lipinski definition) is 5. The molecule has 3 aromatic carbocycles. The molecule has 22 heteroatoms. The molecule has 0 radical (unpaired) electrons. The zero-order valence-electron chi connectivity index (χ0n) is 49.6. The number of sulfone groups is 1. The van der Waals surface area contributed by atoms with E-state index in [2.05, 4.69) is 62.4 Å². The Morgan fingerprint density at radius 3 is 2.25 bits per heavy atom. The van der Waals surface area contributed by atoms with Crippen molar-refractivity contribution in [1.82, 2.24) is 51.0 Å². The van der Waals surface area contributed by atoms with Gasteiger partial charge in [-0.2, -0.15) is 5.10 Å². The third kappa shape index (κ3) is 13.5. The van der Waals surface area contributed by atoms with Crippen LogP contribution in [0.2, 0.25) is 0 Å². The quantitative estimate of drug-likeness (QED) is 0.0642. The summed E-state index contributed by atoms with van der Waals surface area (Å²) >= 11 is 0. The van der Waals surface area contributed by atoms with E-state index in [-0.39, 0.29) is 54.0 Å². The van der Waals surface area contributed by atoms with Gasteiger partial charge in [0, 0.05) is 74.7 Å². The highest BCUT2D eigenvalue weighted by Gasteiger charge is 2.44. The number of nitrogens with one attached hydrogen (secondary N) is 5. The van der Waals surface area contributed by atoms with E-state index in [0.29, 0.717) is 60.0 Å². The van der Waals surface area contributed by atoms with Crippen LogP contribution in [0.15, 0.2) is 78.2 Å². The van der Waals surface area contributed by atoms with Crippen molar-refractivity contribution in [3.05, 3.63) is 107 Å². The van der Waals surface area contributed by atoms with Crippen molar-refractivity contribution in [3.8, 4) is 17.4 Å². The summed E-state index contributed by atoms with van der Waals surface area (Å²) in [5.74, 6) is 1.18. The zero-order chi connectivity index (χ0) is 59.8. The summed E-state index contributed by atoms with van der Waals surface area (Å²) in [6.45, 7) is 21.3. The minimum Gasteiger partial charge on any atom is -0.489 e. The van der Waals surface area contributed by atoms with Crippen LogP contribution in [-0.2, 0) is 48.3 Å². The fraction of sp³-hybridized carbons (Fsp3) is 0.492. The Bertz CT molecular complexity index is 3520. The summed E-state index contributed by atoms with van der Waals surface area (Å²) in [7, 11) is -2.50.